The van der Waals surface area contributed by atoms with Crippen LogP contribution < -0.4 is 20.9 Å². The highest BCUT2D eigenvalue weighted by atomic mass is 35.5. The van der Waals surface area contributed by atoms with E-state index in [1.807, 2.05) is 0 Å². The van der Waals surface area contributed by atoms with Gasteiger partial charge in [-0.25, -0.2) is 18.8 Å². The van der Waals surface area contributed by atoms with E-state index in [9.17, 15) is 14.4 Å². The third-order valence-corrected chi connectivity index (χ3v) is 5.64. The van der Waals surface area contributed by atoms with Gasteiger partial charge in [0.15, 0.2) is 0 Å². The van der Waals surface area contributed by atoms with Crippen LogP contribution in [0, 0.1) is 5.82 Å². The van der Waals surface area contributed by atoms with Crippen LogP contribution in [0.3, 0.4) is 0 Å². The molecular formula is C22H30ClFN4O5. The third-order valence-electron chi connectivity index (χ3n) is 5.28. The summed E-state index contributed by atoms with van der Waals surface area (Å²) in [5.41, 5.74) is 4.73. The smallest absolute Gasteiger partial charge is 0.409 e. The molecule has 1 aliphatic carbocycles. The van der Waals surface area contributed by atoms with Crippen molar-refractivity contribution in [2.24, 2.45) is 5.73 Å². The highest BCUT2D eigenvalue weighted by Crippen LogP contribution is 2.45. The minimum atomic E-state index is -0.809. The molecule has 3 rings (SSSR count). The van der Waals surface area contributed by atoms with Crippen LogP contribution >= 0.6 is 11.6 Å². The lowest BCUT2D eigenvalue weighted by molar-refractivity contribution is 0.0502. The van der Waals surface area contributed by atoms with E-state index < -0.39 is 35.7 Å². The Bertz CT molecular complexity index is 948. The normalized spacial score (nSPS) is 18.1. The van der Waals surface area contributed by atoms with Gasteiger partial charge in [0.05, 0.1) is 28.6 Å². The zero-order valence-electron chi connectivity index (χ0n) is 19.2. The number of carbonyl (C=O) groups is 3. The van der Waals surface area contributed by atoms with Crippen LogP contribution in [0.5, 0.6) is 0 Å². The average molecular weight is 485 g/mol. The Morgan fingerprint density at radius 1 is 1.30 bits per heavy atom. The van der Waals surface area contributed by atoms with Gasteiger partial charge in [-0.05, 0) is 59.4 Å². The summed E-state index contributed by atoms with van der Waals surface area (Å²) in [5, 5.41) is 2.61. The number of amides is 3. The summed E-state index contributed by atoms with van der Waals surface area (Å²) in [5.74, 6) is -1.58. The van der Waals surface area contributed by atoms with Crippen molar-refractivity contribution >= 4 is 41.1 Å². The Kier molecular flexibility index (Phi) is 7.26. The van der Waals surface area contributed by atoms with Gasteiger partial charge in [0.25, 0.3) is 0 Å². The SMILES string of the molecule is CCOC(=O)c1cc(F)c(N2CCCC2NC(=O)OC(C)(C)C)c(Cl)c1N(C(N)=O)C1CC1. The Morgan fingerprint density at radius 2 is 1.97 bits per heavy atom. The first-order valence-electron chi connectivity index (χ1n) is 11.0. The Hall–Kier alpha value is -2.75. The zero-order chi connectivity index (χ0) is 24.5. The molecule has 1 aromatic carbocycles. The maximum atomic E-state index is 15.4. The molecule has 2 aliphatic rings. The van der Waals surface area contributed by atoms with Crippen molar-refractivity contribution in [1.82, 2.24) is 5.32 Å². The molecule has 0 bridgehead atoms. The summed E-state index contributed by atoms with van der Waals surface area (Å²) in [7, 11) is 0. The molecule has 0 spiro atoms. The minimum absolute atomic E-state index is 0.0180. The van der Waals surface area contributed by atoms with Crippen LogP contribution in [0.1, 0.15) is 63.7 Å². The second-order valence-electron chi connectivity index (χ2n) is 9.07. The molecule has 1 unspecified atom stereocenters. The molecule has 1 atom stereocenters. The largest absolute Gasteiger partial charge is 0.462 e. The molecule has 3 amide bonds. The Labute approximate surface area is 197 Å². The van der Waals surface area contributed by atoms with E-state index >= 15 is 4.39 Å². The van der Waals surface area contributed by atoms with Crippen molar-refractivity contribution in [2.75, 3.05) is 23.0 Å². The topological polar surface area (TPSA) is 114 Å². The monoisotopic (exact) mass is 484 g/mol. The fourth-order valence-corrected chi connectivity index (χ4v) is 4.29. The van der Waals surface area contributed by atoms with Gasteiger partial charge >= 0.3 is 18.1 Å². The predicted molar refractivity (Wildman–Crippen MR) is 122 cm³/mol. The van der Waals surface area contributed by atoms with E-state index in [0.29, 0.717) is 32.2 Å². The van der Waals surface area contributed by atoms with Crippen LogP contribution in [0.25, 0.3) is 0 Å². The number of nitrogens with zero attached hydrogens (tertiary/aromatic N) is 2. The number of anilines is 2. The van der Waals surface area contributed by atoms with Gasteiger partial charge in [0, 0.05) is 12.6 Å². The van der Waals surface area contributed by atoms with Gasteiger partial charge < -0.3 is 25.4 Å². The van der Waals surface area contributed by atoms with Crippen LogP contribution in [0.4, 0.5) is 25.4 Å². The van der Waals surface area contributed by atoms with Crippen molar-refractivity contribution in [3.05, 3.63) is 22.5 Å². The molecule has 1 aliphatic heterocycles. The van der Waals surface area contributed by atoms with E-state index in [1.165, 1.54) is 4.90 Å². The molecule has 3 N–H and O–H groups in total. The van der Waals surface area contributed by atoms with E-state index in [-0.39, 0.29) is 34.6 Å². The van der Waals surface area contributed by atoms with Gasteiger partial charge in [-0.2, -0.15) is 0 Å². The summed E-state index contributed by atoms with van der Waals surface area (Å²) in [4.78, 5) is 40.0. The zero-order valence-corrected chi connectivity index (χ0v) is 20.0. The van der Waals surface area contributed by atoms with E-state index in [1.54, 1.807) is 32.6 Å². The number of ether oxygens (including phenoxy) is 2. The number of hydrogen-bond donors (Lipinski definition) is 2. The fourth-order valence-electron chi connectivity index (χ4n) is 3.90. The standard InChI is InChI=1S/C22H30ClFN4O5/c1-5-32-19(29)13-11-14(24)18(16(23)17(13)28(20(25)30)12-8-9-12)27-10-6-7-15(27)26-21(31)33-22(2,3)4/h11-12,15H,5-10H2,1-4H3,(H2,25,30)(H,26,31). The Balaban J connectivity index is 2.05. The van der Waals surface area contributed by atoms with Crippen molar-refractivity contribution < 1.29 is 28.2 Å². The summed E-state index contributed by atoms with van der Waals surface area (Å²) in [6, 6.07) is -0.0245. The molecule has 9 nitrogen and oxygen atoms in total. The number of alkyl carbamates (subject to hydrolysis) is 1. The highest BCUT2D eigenvalue weighted by molar-refractivity contribution is 6.37. The number of nitrogens with two attached hydrogens (primary N) is 1. The van der Waals surface area contributed by atoms with Crippen molar-refractivity contribution in [1.29, 1.82) is 0 Å². The number of benzene rings is 1. The van der Waals surface area contributed by atoms with Gasteiger partial charge in [0.2, 0.25) is 0 Å². The lowest BCUT2D eigenvalue weighted by Gasteiger charge is -2.32. The van der Waals surface area contributed by atoms with Crippen molar-refractivity contribution in [3.63, 3.8) is 0 Å². The number of primary amides is 1. The summed E-state index contributed by atoms with van der Waals surface area (Å²) >= 11 is 6.68. The van der Waals surface area contributed by atoms with Crippen molar-refractivity contribution in [2.45, 2.75) is 71.2 Å². The summed E-state index contributed by atoms with van der Waals surface area (Å²) < 4.78 is 25.8. The second kappa shape index (κ2) is 9.62. The maximum Gasteiger partial charge on any atom is 0.409 e. The van der Waals surface area contributed by atoms with Crippen LogP contribution in [0.2, 0.25) is 5.02 Å². The number of rotatable bonds is 6. The maximum absolute atomic E-state index is 15.4. The molecule has 11 heteroatoms. The molecule has 182 valence electrons. The second-order valence-corrected chi connectivity index (χ2v) is 9.45. The van der Waals surface area contributed by atoms with Crippen LogP contribution in [-0.2, 0) is 9.47 Å². The molecule has 1 heterocycles. The first kappa shape index (κ1) is 24.9. The Morgan fingerprint density at radius 3 is 2.52 bits per heavy atom. The molecule has 2 fully saturated rings. The quantitative estimate of drug-likeness (QED) is 0.586. The van der Waals surface area contributed by atoms with Crippen LogP contribution in [-0.4, -0.2) is 49.1 Å². The van der Waals surface area contributed by atoms with E-state index in [4.69, 9.17) is 26.8 Å². The molecule has 33 heavy (non-hydrogen) atoms. The average Bonchev–Trinajstić information content (AvgIpc) is 3.42. The lowest BCUT2D eigenvalue weighted by Crippen LogP contribution is -2.47. The summed E-state index contributed by atoms with van der Waals surface area (Å²) in [6.45, 7) is 7.31. The summed E-state index contributed by atoms with van der Waals surface area (Å²) in [6.07, 6.45) is 1.33. The first-order chi connectivity index (χ1) is 15.4. The number of urea groups is 1. The van der Waals surface area contributed by atoms with Crippen LogP contribution in [0.15, 0.2) is 6.07 Å². The number of nitrogens with one attached hydrogen (secondary N) is 1. The highest BCUT2D eigenvalue weighted by Gasteiger charge is 2.40. The number of halogens is 2. The lowest BCUT2D eigenvalue weighted by atomic mass is 10.1. The molecule has 1 saturated heterocycles. The number of esters is 1. The van der Waals surface area contributed by atoms with E-state index in [0.717, 1.165) is 6.07 Å². The first-order valence-corrected chi connectivity index (χ1v) is 11.4. The number of hydrogen-bond acceptors (Lipinski definition) is 6. The molecule has 1 saturated carbocycles. The number of carbonyl (C=O) groups excluding carboxylic acids is 3. The molecule has 0 aromatic heterocycles. The molecular weight excluding hydrogens is 455 g/mol. The van der Waals surface area contributed by atoms with Crippen molar-refractivity contribution in [3.8, 4) is 0 Å². The molecule has 1 aromatic rings. The van der Waals surface area contributed by atoms with Gasteiger partial charge in [-0.15, -0.1) is 0 Å². The van der Waals surface area contributed by atoms with Gasteiger partial charge in [-0.3, -0.25) is 4.90 Å². The van der Waals surface area contributed by atoms with Gasteiger partial charge in [0.1, 0.15) is 17.6 Å². The van der Waals surface area contributed by atoms with Gasteiger partial charge in [-0.1, -0.05) is 11.6 Å². The molecule has 0 radical (unpaired) electrons. The fraction of sp³-hybridized carbons (Fsp3) is 0.591. The third kappa shape index (κ3) is 5.61. The predicted octanol–water partition coefficient (Wildman–Crippen LogP) is 4.15. The minimum Gasteiger partial charge on any atom is -0.462 e. The van der Waals surface area contributed by atoms with E-state index in [2.05, 4.69) is 5.32 Å².